The maximum absolute atomic E-state index is 11.9. The predicted octanol–water partition coefficient (Wildman–Crippen LogP) is 3.58. The van der Waals surface area contributed by atoms with Gasteiger partial charge in [0, 0.05) is 23.3 Å². The summed E-state index contributed by atoms with van der Waals surface area (Å²) in [7, 11) is 0. The fourth-order valence-electron chi connectivity index (χ4n) is 1.63. The lowest BCUT2D eigenvalue weighted by Gasteiger charge is -1.98. The molecule has 0 saturated carbocycles. The van der Waals surface area contributed by atoms with E-state index in [9.17, 15) is 4.79 Å². The molecule has 0 N–H and O–H groups in total. The first-order valence-corrected chi connectivity index (χ1v) is 6.49. The minimum atomic E-state index is 0.191. The molecule has 88 valence electrons. The lowest BCUT2D eigenvalue weighted by atomic mass is 10.1. The SMILES string of the molecule is Cc1nc(CCC(=O)c2ccccc2)sc1C. The van der Waals surface area contributed by atoms with Crippen LogP contribution in [-0.2, 0) is 6.42 Å². The van der Waals surface area contributed by atoms with E-state index in [4.69, 9.17) is 0 Å². The topological polar surface area (TPSA) is 30.0 Å². The molecule has 0 saturated heterocycles. The van der Waals surface area contributed by atoms with Crippen LogP contribution in [0.15, 0.2) is 30.3 Å². The van der Waals surface area contributed by atoms with E-state index in [-0.39, 0.29) is 5.78 Å². The summed E-state index contributed by atoms with van der Waals surface area (Å²) < 4.78 is 0. The Bertz CT molecular complexity index is 497. The molecule has 17 heavy (non-hydrogen) atoms. The Labute approximate surface area is 105 Å². The van der Waals surface area contributed by atoms with Gasteiger partial charge in [0.2, 0.25) is 0 Å². The van der Waals surface area contributed by atoms with Gasteiger partial charge >= 0.3 is 0 Å². The number of nitrogens with zero attached hydrogens (tertiary/aromatic N) is 1. The van der Waals surface area contributed by atoms with Crippen molar-refractivity contribution in [3.63, 3.8) is 0 Å². The Hall–Kier alpha value is -1.48. The molecule has 0 spiro atoms. The van der Waals surface area contributed by atoms with Crippen LogP contribution in [0.3, 0.4) is 0 Å². The summed E-state index contributed by atoms with van der Waals surface area (Å²) in [5, 5.41) is 1.06. The number of aromatic nitrogens is 1. The first-order valence-electron chi connectivity index (χ1n) is 5.68. The van der Waals surface area contributed by atoms with Gasteiger partial charge in [-0.3, -0.25) is 4.79 Å². The number of aryl methyl sites for hydroxylation is 3. The smallest absolute Gasteiger partial charge is 0.163 e. The maximum atomic E-state index is 11.9. The van der Waals surface area contributed by atoms with Crippen LogP contribution in [0.5, 0.6) is 0 Å². The van der Waals surface area contributed by atoms with Crippen molar-refractivity contribution in [1.82, 2.24) is 4.98 Å². The summed E-state index contributed by atoms with van der Waals surface area (Å²) in [4.78, 5) is 17.6. The van der Waals surface area contributed by atoms with E-state index in [1.165, 1.54) is 4.88 Å². The highest BCUT2D eigenvalue weighted by Gasteiger charge is 2.08. The van der Waals surface area contributed by atoms with E-state index < -0.39 is 0 Å². The van der Waals surface area contributed by atoms with Gasteiger partial charge in [-0.2, -0.15) is 0 Å². The number of carbonyl (C=O) groups excluding carboxylic acids is 1. The van der Waals surface area contributed by atoms with Gasteiger partial charge in [-0.1, -0.05) is 30.3 Å². The quantitative estimate of drug-likeness (QED) is 0.771. The van der Waals surface area contributed by atoms with Crippen molar-refractivity contribution in [2.45, 2.75) is 26.7 Å². The van der Waals surface area contributed by atoms with Gasteiger partial charge in [-0.25, -0.2) is 4.98 Å². The Balaban J connectivity index is 1.97. The fourth-order valence-corrected chi connectivity index (χ4v) is 2.57. The monoisotopic (exact) mass is 245 g/mol. The summed E-state index contributed by atoms with van der Waals surface area (Å²) in [6.07, 6.45) is 1.28. The van der Waals surface area contributed by atoms with Crippen molar-refractivity contribution in [3.05, 3.63) is 51.5 Å². The molecular formula is C14H15NOS. The van der Waals surface area contributed by atoms with E-state index in [0.29, 0.717) is 6.42 Å². The summed E-state index contributed by atoms with van der Waals surface area (Å²) in [6, 6.07) is 9.43. The van der Waals surface area contributed by atoms with Crippen LogP contribution < -0.4 is 0 Å². The average Bonchev–Trinajstić information content (AvgIpc) is 2.67. The van der Waals surface area contributed by atoms with Gasteiger partial charge in [0.05, 0.1) is 10.7 Å². The molecule has 0 bridgehead atoms. The number of carbonyl (C=O) groups is 1. The van der Waals surface area contributed by atoms with Crippen LogP contribution in [-0.4, -0.2) is 10.8 Å². The van der Waals surface area contributed by atoms with Crippen LogP contribution in [0.25, 0.3) is 0 Å². The molecule has 1 aromatic carbocycles. The van der Waals surface area contributed by atoms with Gasteiger partial charge in [0.25, 0.3) is 0 Å². The third-order valence-electron chi connectivity index (χ3n) is 2.73. The molecule has 3 heteroatoms. The van der Waals surface area contributed by atoms with Crippen LogP contribution in [0.1, 0.15) is 32.4 Å². The Kier molecular flexibility index (Phi) is 3.69. The Morgan fingerprint density at radius 1 is 1.24 bits per heavy atom. The number of thiazole rings is 1. The van der Waals surface area contributed by atoms with Crippen molar-refractivity contribution >= 4 is 17.1 Å². The molecule has 0 aliphatic rings. The summed E-state index contributed by atoms with van der Waals surface area (Å²) >= 11 is 1.69. The van der Waals surface area contributed by atoms with Gasteiger partial charge in [0.1, 0.15) is 0 Å². The molecular weight excluding hydrogens is 230 g/mol. The minimum Gasteiger partial charge on any atom is -0.294 e. The summed E-state index contributed by atoms with van der Waals surface area (Å²) in [6.45, 7) is 4.07. The summed E-state index contributed by atoms with van der Waals surface area (Å²) in [5.41, 5.74) is 1.87. The van der Waals surface area contributed by atoms with E-state index >= 15 is 0 Å². The van der Waals surface area contributed by atoms with Gasteiger partial charge in [-0.05, 0) is 13.8 Å². The zero-order valence-corrected chi connectivity index (χ0v) is 10.9. The normalized spacial score (nSPS) is 10.5. The molecule has 2 nitrogen and oxygen atoms in total. The predicted molar refractivity (Wildman–Crippen MR) is 70.7 cm³/mol. The standard InChI is InChI=1S/C14H15NOS/c1-10-11(2)17-14(15-10)9-8-13(16)12-6-4-3-5-7-12/h3-7H,8-9H2,1-2H3. The number of rotatable bonds is 4. The van der Waals surface area contributed by atoms with Crippen molar-refractivity contribution < 1.29 is 4.79 Å². The van der Waals surface area contributed by atoms with E-state index in [1.807, 2.05) is 37.3 Å². The number of hydrogen-bond donors (Lipinski definition) is 0. The molecule has 0 radical (unpaired) electrons. The maximum Gasteiger partial charge on any atom is 0.163 e. The molecule has 1 heterocycles. The van der Waals surface area contributed by atoms with Gasteiger partial charge in [-0.15, -0.1) is 11.3 Å². The van der Waals surface area contributed by atoms with Crippen molar-refractivity contribution in [2.75, 3.05) is 0 Å². The number of ketones is 1. The molecule has 0 unspecified atom stereocenters. The molecule has 1 aromatic heterocycles. The van der Waals surface area contributed by atoms with Crippen LogP contribution >= 0.6 is 11.3 Å². The lowest BCUT2D eigenvalue weighted by Crippen LogP contribution is -2.00. The molecule has 2 rings (SSSR count). The third-order valence-corrected chi connectivity index (χ3v) is 3.87. The first-order chi connectivity index (χ1) is 8.16. The van der Waals surface area contributed by atoms with E-state index in [1.54, 1.807) is 11.3 Å². The second-order valence-electron chi connectivity index (χ2n) is 4.04. The highest BCUT2D eigenvalue weighted by atomic mass is 32.1. The van der Waals surface area contributed by atoms with E-state index in [2.05, 4.69) is 11.9 Å². The molecule has 0 aliphatic heterocycles. The van der Waals surface area contributed by atoms with Crippen molar-refractivity contribution in [3.8, 4) is 0 Å². The van der Waals surface area contributed by atoms with Crippen LogP contribution in [0.4, 0.5) is 0 Å². The number of hydrogen-bond acceptors (Lipinski definition) is 3. The summed E-state index contributed by atoms with van der Waals surface area (Å²) in [5.74, 6) is 0.191. The van der Waals surface area contributed by atoms with Gasteiger partial charge < -0.3 is 0 Å². The molecule has 0 aliphatic carbocycles. The van der Waals surface area contributed by atoms with Crippen molar-refractivity contribution in [1.29, 1.82) is 0 Å². The molecule has 2 aromatic rings. The molecule has 0 atom stereocenters. The Morgan fingerprint density at radius 2 is 1.94 bits per heavy atom. The van der Waals surface area contributed by atoms with Crippen LogP contribution in [0.2, 0.25) is 0 Å². The molecule has 0 fully saturated rings. The Morgan fingerprint density at radius 3 is 2.53 bits per heavy atom. The number of benzene rings is 1. The number of Topliss-reactive ketones (excluding diaryl/α,β-unsaturated/α-hetero) is 1. The molecule has 0 amide bonds. The largest absolute Gasteiger partial charge is 0.294 e. The fraction of sp³-hybridized carbons (Fsp3) is 0.286. The first kappa shape index (κ1) is 12.0. The highest BCUT2D eigenvalue weighted by molar-refractivity contribution is 7.11. The average molecular weight is 245 g/mol. The van der Waals surface area contributed by atoms with Crippen LogP contribution in [0, 0.1) is 13.8 Å². The lowest BCUT2D eigenvalue weighted by molar-refractivity contribution is 0.0983. The van der Waals surface area contributed by atoms with Gasteiger partial charge in [0.15, 0.2) is 5.78 Å². The zero-order valence-electron chi connectivity index (χ0n) is 10.1. The second kappa shape index (κ2) is 5.23. The zero-order chi connectivity index (χ0) is 12.3. The van der Waals surface area contributed by atoms with E-state index in [0.717, 1.165) is 22.7 Å². The minimum absolute atomic E-state index is 0.191. The highest BCUT2D eigenvalue weighted by Crippen LogP contribution is 2.18. The third kappa shape index (κ3) is 3.01. The second-order valence-corrected chi connectivity index (χ2v) is 5.33. The van der Waals surface area contributed by atoms with Crippen molar-refractivity contribution in [2.24, 2.45) is 0 Å².